The molecule has 1 aliphatic heterocycles. The van der Waals surface area contributed by atoms with Gasteiger partial charge in [0.1, 0.15) is 5.60 Å². The Balaban J connectivity index is 1.93. The Hall–Kier alpha value is -1.72. The number of rotatable bonds is 3. The predicted molar refractivity (Wildman–Crippen MR) is 95.5 cm³/mol. The van der Waals surface area contributed by atoms with Crippen LogP contribution in [-0.2, 0) is 15.1 Å². The molecule has 3 rings (SSSR count). The maximum Gasteiger partial charge on any atom is 0.342 e. The first kappa shape index (κ1) is 17.1. The monoisotopic (exact) mass is 362 g/mol. The molecular formula is C18H19ClN2O2S. The lowest BCUT2D eigenvalue weighted by molar-refractivity contribution is -0.162. The van der Waals surface area contributed by atoms with Crippen LogP contribution in [0.2, 0.25) is 5.02 Å². The van der Waals surface area contributed by atoms with Gasteiger partial charge in [-0.25, -0.2) is 4.79 Å². The fraction of sp³-hybridized carbons (Fsp3) is 0.389. The van der Waals surface area contributed by atoms with E-state index in [1.165, 1.54) is 11.3 Å². The largest absolute Gasteiger partial charge is 0.458 e. The molecule has 126 valence electrons. The van der Waals surface area contributed by atoms with E-state index in [2.05, 4.69) is 10.2 Å². The van der Waals surface area contributed by atoms with Gasteiger partial charge in [0.25, 0.3) is 0 Å². The number of carbonyl (C=O) groups excluding carboxylic acids is 1. The third kappa shape index (κ3) is 3.37. The minimum absolute atomic E-state index is 0.183. The van der Waals surface area contributed by atoms with Crippen LogP contribution in [0.3, 0.4) is 0 Å². The number of benzene rings is 1. The zero-order chi connectivity index (χ0) is 17.4. The van der Waals surface area contributed by atoms with Gasteiger partial charge < -0.3 is 4.74 Å². The van der Waals surface area contributed by atoms with Crippen LogP contribution in [0.5, 0.6) is 0 Å². The van der Waals surface area contributed by atoms with Crippen LogP contribution >= 0.6 is 22.9 Å². The normalized spacial score (nSPS) is 23.4. The van der Waals surface area contributed by atoms with E-state index < -0.39 is 11.1 Å². The van der Waals surface area contributed by atoms with Gasteiger partial charge in [0.15, 0.2) is 0 Å². The lowest BCUT2D eigenvalue weighted by atomic mass is 9.89. The van der Waals surface area contributed by atoms with Crippen molar-refractivity contribution in [2.45, 2.75) is 44.4 Å². The highest BCUT2D eigenvalue weighted by molar-refractivity contribution is 7.10. The van der Waals surface area contributed by atoms with Crippen molar-refractivity contribution in [1.29, 1.82) is 0 Å². The zero-order valence-corrected chi connectivity index (χ0v) is 15.4. The van der Waals surface area contributed by atoms with Crippen molar-refractivity contribution in [1.82, 2.24) is 0 Å². The van der Waals surface area contributed by atoms with Gasteiger partial charge in [-0.3, -0.25) is 0 Å². The van der Waals surface area contributed by atoms with Gasteiger partial charge in [0.2, 0.25) is 5.54 Å². The highest BCUT2D eigenvalue weighted by Gasteiger charge is 2.50. The van der Waals surface area contributed by atoms with E-state index in [0.717, 1.165) is 10.4 Å². The average Bonchev–Trinajstić information content (AvgIpc) is 3.16. The van der Waals surface area contributed by atoms with Gasteiger partial charge in [0.05, 0.1) is 6.04 Å². The summed E-state index contributed by atoms with van der Waals surface area (Å²) >= 11 is 7.45. The first-order valence-electron chi connectivity index (χ1n) is 7.75. The molecule has 0 saturated heterocycles. The fourth-order valence-corrected chi connectivity index (χ4v) is 3.64. The smallest absolute Gasteiger partial charge is 0.342 e. The Labute approximate surface area is 150 Å². The van der Waals surface area contributed by atoms with Crippen molar-refractivity contribution >= 4 is 28.9 Å². The molecule has 24 heavy (non-hydrogen) atoms. The highest BCUT2D eigenvalue weighted by atomic mass is 35.5. The van der Waals surface area contributed by atoms with E-state index in [4.69, 9.17) is 16.3 Å². The number of carbonyl (C=O) groups is 1. The van der Waals surface area contributed by atoms with Gasteiger partial charge in [-0.1, -0.05) is 29.8 Å². The maximum absolute atomic E-state index is 12.9. The number of ether oxygens (including phenoxy) is 1. The summed E-state index contributed by atoms with van der Waals surface area (Å²) < 4.78 is 5.64. The minimum Gasteiger partial charge on any atom is -0.458 e. The van der Waals surface area contributed by atoms with Gasteiger partial charge in [-0.15, -0.1) is 11.3 Å². The van der Waals surface area contributed by atoms with Gasteiger partial charge in [-0.05, 0) is 49.9 Å². The second kappa shape index (κ2) is 6.30. The van der Waals surface area contributed by atoms with Crippen molar-refractivity contribution < 1.29 is 9.53 Å². The van der Waals surface area contributed by atoms with Crippen LogP contribution in [0, 0.1) is 0 Å². The van der Waals surface area contributed by atoms with Gasteiger partial charge in [0, 0.05) is 16.3 Å². The molecule has 0 spiro atoms. The molecule has 2 atom stereocenters. The summed E-state index contributed by atoms with van der Waals surface area (Å²) in [6, 6.07) is 11.1. The molecule has 0 saturated carbocycles. The molecule has 2 aromatic rings. The van der Waals surface area contributed by atoms with E-state index in [1.807, 2.05) is 62.5 Å². The van der Waals surface area contributed by atoms with Crippen LogP contribution in [0.4, 0.5) is 0 Å². The molecular weight excluding hydrogens is 344 g/mol. The zero-order valence-electron chi connectivity index (χ0n) is 13.8. The number of azo groups is 1. The number of hydrogen-bond acceptors (Lipinski definition) is 5. The number of hydrogen-bond donors (Lipinski definition) is 0. The highest BCUT2D eigenvalue weighted by Crippen LogP contribution is 2.46. The Bertz CT molecular complexity index is 750. The van der Waals surface area contributed by atoms with E-state index in [9.17, 15) is 4.79 Å². The summed E-state index contributed by atoms with van der Waals surface area (Å²) in [5, 5.41) is 11.4. The quantitative estimate of drug-likeness (QED) is 0.673. The van der Waals surface area contributed by atoms with Crippen LogP contribution in [0.25, 0.3) is 0 Å². The molecule has 4 nitrogen and oxygen atoms in total. The second-order valence-electron chi connectivity index (χ2n) is 6.83. The molecule has 0 radical (unpaired) electrons. The average molecular weight is 363 g/mol. The third-order valence-corrected chi connectivity index (χ3v) is 5.05. The summed E-state index contributed by atoms with van der Waals surface area (Å²) in [6.45, 7) is 5.57. The lowest BCUT2D eigenvalue weighted by Crippen LogP contribution is -2.38. The van der Waals surface area contributed by atoms with E-state index >= 15 is 0 Å². The number of nitrogens with zero attached hydrogens (tertiary/aromatic N) is 2. The molecule has 0 amide bonds. The van der Waals surface area contributed by atoms with Crippen molar-refractivity contribution in [3.63, 3.8) is 0 Å². The molecule has 0 N–H and O–H groups in total. The topological polar surface area (TPSA) is 51.0 Å². The van der Waals surface area contributed by atoms with E-state index in [0.29, 0.717) is 11.4 Å². The molecule has 1 aliphatic rings. The van der Waals surface area contributed by atoms with E-state index in [1.54, 1.807) is 0 Å². The van der Waals surface area contributed by atoms with Crippen LogP contribution < -0.4 is 0 Å². The fourth-order valence-electron chi connectivity index (χ4n) is 2.65. The Kier molecular flexibility index (Phi) is 4.49. The van der Waals surface area contributed by atoms with Crippen LogP contribution in [-0.4, -0.2) is 11.6 Å². The van der Waals surface area contributed by atoms with Crippen LogP contribution in [0.1, 0.15) is 43.7 Å². The molecule has 0 bridgehead atoms. The number of halogens is 1. The first-order chi connectivity index (χ1) is 11.3. The van der Waals surface area contributed by atoms with Crippen molar-refractivity contribution in [3.8, 4) is 0 Å². The summed E-state index contributed by atoms with van der Waals surface area (Å²) in [4.78, 5) is 13.8. The Morgan fingerprint density at radius 2 is 2.00 bits per heavy atom. The third-order valence-electron chi connectivity index (χ3n) is 3.78. The molecule has 2 unspecified atom stereocenters. The molecule has 0 fully saturated rings. The summed E-state index contributed by atoms with van der Waals surface area (Å²) in [7, 11) is 0. The standard InChI is InChI=1S/C18H19ClN2O2S/c1-17(2,3)23-16(22)18(15-5-4-10-24-15)11-14(20-21-18)12-6-8-13(19)9-7-12/h4-10,14H,11H2,1-3H3. The predicted octanol–water partition coefficient (Wildman–Crippen LogP) is 5.54. The minimum atomic E-state index is -1.06. The molecule has 1 aromatic heterocycles. The molecule has 1 aromatic carbocycles. The van der Waals surface area contributed by atoms with Gasteiger partial charge >= 0.3 is 5.97 Å². The van der Waals surface area contributed by atoms with E-state index in [-0.39, 0.29) is 12.0 Å². The summed E-state index contributed by atoms with van der Waals surface area (Å²) in [5.74, 6) is -0.349. The summed E-state index contributed by atoms with van der Waals surface area (Å²) in [6.07, 6.45) is 0.462. The van der Waals surface area contributed by atoms with Crippen molar-refractivity contribution in [2.24, 2.45) is 10.2 Å². The SMILES string of the molecule is CC(C)(C)OC(=O)C1(c2cccs2)CC(c2ccc(Cl)cc2)N=N1. The molecule has 0 aliphatic carbocycles. The second-order valence-corrected chi connectivity index (χ2v) is 8.21. The van der Waals surface area contributed by atoms with Crippen molar-refractivity contribution in [2.75, 3.05) is 0 Å². The lowest BCUT2D eigenvalue weighted by Gasteiger charge is -2.28. The molecule has 6 heteroatoms. The summed E-state index contributed by atoms with van der Waals surface area (Å²) in [5.41, 5.74) is -0.647. The van der Waals surface area contributed by atoms with Crippen molar-refractivity contribution in [3.05, 3.63) is 57.2 Å². The number of thiophene rings is 1. The maximum atomic E-state index is 12.9. The molecule has 2 heterocycles. The first-order valence-corrected chi connectivity index (χ1v) is 9.01. The number of esters is 1. The Morgan fingerprint density at radius 3 is 2.58 bits per heavy atom. The van der Waals surface area contributed by atoms with Crippen LogP contribution in [0.15, 0.2) is 52.0 Å². The van der Waals surface area contributed by atoms with Gasteiger partial charge in [-0.2, -0.15) is 10.2 Å². The Morgan fingerprint density at radius 1 is 1.29 bits per heavy atom.